The van der Waals surface area contributed by atoms with Gasteiger partial charge in [-0.1, -0.05) is 37.3 Å². The number of carbonyl (C=O) groups is 3. The van der Waals surface area contributed by atoms with Crippen molar-refractivity contribution in [3.63, 3.8) is 0 Å². The molecule has 1 unspecified atom stereocenters. The average Bonchev–Trinajstić information content (AvgIpc) is 3.36. The predicted molar refractivity (Wildman–Crippen MR) is 107 cm³/mol. The molecule has 2 heterocycles. The number of nitrogens with zero attached hydrogens (tertiary/aromatic N) is 2. The number of amides is 2. The van der Waals surface area contributed by atoms with Gasteiger partial charge in [0.2, 0.25) is 11.9 Å². The van der Waals surface area contributed by atoms with Crippen molar-refractivity contribution >= 4 is 46.2 Å². The molecule has 2 amide bonds. The lowest BCUT2D eigenvalue weighted by molar-refractivity contribution is -0.217. The predicted octanol–water partition coefficient (Wildman–Crippen LogP) is 4.15. The van der Waals surface area contributed by atoms with Gasteiger partial charge in [0.25, 0.3) is 11.6 Å². The average molecular weight is 457 g/mol. The second-order valence-electron chi connectivity index (χ2n) is 8.05. The number of carbonyl (C=O) groups excluding carboxylic acids is 3. The van der Waals surface area contributed by atoms with Crippen LogP contribution >= 0.6 is 11.6 Å². The second kappa shape index (κ2) is 7.51. The van der Waals surface area contributed by atoms with E-state index in [1.54, 1.807) is 0 Å². The molecule has 2 aromatic rings. The lowest BCUT2D eigenvalue weighted by Crippen LogP contribution is -2.63. The summed E-state index contributed by atoms with van der Waals surface area (Å²) in [5.41, 5.74) is -3.59. The molecule has 0 saturated heterocycles. The lowest BCUT2D eigenvalue weighted by Gasteiger charge is -2.32. The van der Waals surface area contributed by atoms with Crippen LogP contribution in [-0.4, -0.2) is 33.3 Å². The number of fused-ring (bicyclic) bond motifs is 3. The highest BCUT2D eigenvalue weighted by atomic mass is 35.5. The SMILES string of the molecule is CC(=O)c1cc(Cl)cc2c1nc1n2C(NC(=O)CCC2CCCC2)(C(F)(F)F)C(=O)N1. The van der Waals surface area contributed by atoms with E-state index in [9.17, 15) is 27.6 Å². The molecule has 166 valence electrons. The molecule has 4 rings (SSSR count). The fraction of sp³-hybridized carbons (Fsp3) is 0.500. The van der Waals surface area contributed by atoms with Crippen molar-refractivity contribution in [1.82, 2.24) is 14.9 Å². The van der Waals surface area contributed by atoms with Crippen molar-refractivity contribution < 1.29 is 27.6 Å². The topological polar surface area (TPSA) is 93.1 Å². The molecule has 11 heteroatoms. The first-order valence-electron chi connectivity index (χ1n) is 9.97. The number of benzene rings is 1. The van der Waals surface area contributed by atoms with Crippen molar-refractivity contribution in [2.75, 3.05) is 5.32 Å². The van der Waals surface area contributed by atoms with Gasteiger partial charge in [0.05, 0.1) is 5.52 Å². The summed E-state index contributed by atoms with van der Waals surface area (Å²) in [6, 6.07) is 2.48. The van der Waals surface area contributed by atoms with Gasteiger partial charge >= 0.3 is 6.18 Å². The number of halogens is 4. The van der Waals surface area contributed by atoms with E-state index in [2.05, 4.69) is 10.3 Å². The van der Waals surface area contributed by atoms with Crippen LogP contribution in [0.25, 0.3) is 11.0 Å². The Balaban J connectivity index is 1.79. The zero-order valence-electron chi connectivity index (χ0n) is 16.6. The molecule has 0 spiro atoms. The minimum absolute atomic E-state index is 0.00313. The number of nitrogens with one attached hydrogen (secondary N) is 2. The Bertz CT molecular complexity index is 1090. The molecule has 7 nitrogen and oxygen atoms in total. The quantitative estimate of drug-likeness (QED) is 0.661. The molecule has 1 saturated carbocycles. The maximum atomic E-state index is 14.4. The zero-order chi connectivity index (χ0) is 22.6. The van der Waals surface area contributed by atoms with E-state index in [-0.39, 0.29) is 28.0 Å². The number of hydrogen-bond acceptors (Lipinski definition) is 4. The first-order valence-corrected chi connectivity index (χ1v) is 10.3. The standard InChI is InChI=1S/C20H20ClF3N4O3/c1-10(29)13-8-12(21)9-14-16(13)25-18-26-17(31)19(28(14)18,20(22,23)24)27-15(30)7-6-11-4-2-3-5-11/h8-9,11H,2-7H2,1H3,(H,27,30)(H,25,26,31). The third-order valence-corrected chi connectivity index (χ3v) is 6.20. The molecule has 1 atom stereocenters. The van der Waals surface area contributed by atoms with Gasteiger partial charge in [-0.05, 0) is 31.4 Å². The maximum absolute atomic E-state index is 14.4. The Morgan fingerprint density at radius 3 is 2.61 bits per heavy atom. The maximum Gasteiger partial charge on any atom is 0.440 e. The van der Waals surface area contributed by atoms with Crippen molar-refractivity contribution in [2.45, 2.75) is 57.3 Å². The molecule has 1 aliphatic heterocycles. The number of rotatable bonds is 5. The van der Waals surface area contributed by atoms with E-state index in [0.717, 1.165) is 25.7 Å². The summed E-state index contributed by atoms with van der Waals surface area (Å²) in [7, 11) is 0. The molecule has 2 aliphatic rings. The van der Waals surface area contributed by atoms with Crippen LogP contribution in [0.1, 0.15) is 55.8 Å². The Hall–Kier alpha value is -2.62. The normalized spacial score (nSPS) is 21.4. The van der Waals surface area contributed by atoms with Crippen LogP contribution in [0.15, 0.2) is 12.1 Å². The molecule has 1 fully saturated rings. The summed E-state index contributed by atoms with van der Waals surface area (Å²) in [5, 5.41) is 4.03. The summed E-state index contributed by atoms with van der Waals surface area (Å²) in [4.78, 5) is 41.1. The van der Waals surface area contributed by atoms with Crippen molar-refractivity contribution in [3.8, 4) is 0 Å². The number of imidazole rings is 1. The minimum Gasteiger partial charge on any atom is -0.317 e. The van der Waals surface area contributed by atoms with Crippen molar-refractivity contribution in [3.05, 3.63) is 22.7 Å². The fourth-order valence-electron chi connectivity index (χ4n) is 4.47. The summed E-state index contributed by atoms with van der Waals surface area (Å²) in [6.07, 6.45) is -0.870. The first-order chi connectivity index (χ1) is 14.5. The Morgan fingerprint density at radius 1 is 1.32 bits per heavy atom. The van der Waals surface area contributed by atoms with E-state index < -0.39 is 35.4 Å². The number of anilines is 1. The van der Waals surface area contributed by atoms with Crippen LogP contribution in [0.5, 0.6) is 0 Å². The fourth-order valence-corrected chi connectivity index (χ4v) is 4.68. The van der Waals surface area contributed by atoms with Gasteiger partial charge in [0.15, 0.2) is 5.78 Å². The number of Topliss-reactive ketones (excluding diaryl/α,β-unsaturated/α-hetero) is 1. The molecular weight excluding hydrogens is 437 g/mol. The van der Waals surface area contributed by atoms with Gasteiger partial charge in [0, 0.05) is 17.0 Å². The molecular formula is C20H20ClF3N4O3. The summed E-state index contributed by atoms with van der Waals surface area (Å²) in [5.74, 6) is -2.93. The van der Waals surface area contributed by atoms with E-state index in [0.29, 0.717) is 16.9 Å². The smallest absolute Gasteiger partial charge is 0.317 e. The zero-order valence-corrected chi connectivity index (χ0v) is 17.4. The highest BCUT2D eigenvalue weighted by molar-refractivity contribution is 6.32. The van der Waals surface area contributed by atoms with Gasteiger partial charge in [0.1, 0.15) is 5.52 Å². The van der Waals surface area contributed by atoms with Crippen LogP contribution < -0.4 is 10.6 Å². The van der Waals surface area contributed by atoms with Gasteiger partial charge in [-0.15, -0.1) is 0 Å². The minimum atomic E-state index is -5.18. The lowest BCUT2D eigenvalue weighted by atomic mass is 10.0. The number of ketones is 1. The Kier molecular flexibility index (Phi) is 5.23. The summed E-state index contributed by atoms with van der Waals surface area (Å²) < 4.78 is 43.7. The molecule has 31 heavy (non-hydrogen) atoms. The molecule has 0 bridgehead atoms. The molecule has 1 aromatic heterocycles. The van der Waals surface area contributed by atoms with E-state index in [4.69, 9.17) is 11.6 Å². The highest BCUT2D eigenvalue weighted by Gasteiger charge is 2.67. The summed E-state index contributed by atoms with van der Waals surface area (Å²) in [6.45, 7) is 1.23. The summed E-state index contributed by atoms with van der Waals surface area (Å²) >= 11 is 6.03. The van der Waals surface area contributed by atoms with Crippen molar-refractivity contribution in [2.24, 2.45) is 5.92 Å². The number of alkyl halides is 3. The highest BCUT2D eigenvalue weighted by Crippen LogP contribution is 2.45. The van der Waals surface area contributed by atoms with Crippen LogP contribution in [0, 0.1) is 5.92 Å². The van der Waals surface area contributed by atoms with Gasteiger partial charge < -0.3 is 5.32 Å². The van der Waals surface area contributed by atoms with Gasteiger partial charge in [-0.25, -0.2) is 4.98 Å². The number of hydrogen-bond donors (Lipinski definition) is 2. The largest absolute Gasteiger partial charge is 0.440 e. The van der Waals surface area contributed by atoms with Crippen LogP contribution in [0.2, 0.25) is 5.02 Å². The van der Waals surface area contributed by atoms with E-state index in [1.807, 2.05) is 5.32 Å². The third kappa shape index (κ3) is 3.46. The monoisotopic (exact) mass is 456 g/mol. The van der Waals surface area contributed by atoms with Crippen LogP contribution in [0.3, 0.4) is 0 Å². The van der Waals surface area contributed by atoms with Crippen molar-refractivity contribution in [1.29, 1.82) is 0 Å². The van der Waals surface area contributed by atoms with E-state index >= 15 is 0 Å². The van der Waals surface area contributed by atoms with E-state index in [1.165, 1.54) is 19.1 Å². The molecule has 2 N–H and O–H groups in total. The molecule has 0 radical (unpaired) electrons. The Morgan fingerprint density at radius 2 is 2.00 bits per heavy atom. The second-order valence-corrected chi connectivity index (χ2v) is 8.48. The van der Waals surface area contributed by atoms with Gasteiger partial charge in [-0.3, -0.25) is 24.3 Å². The van der Waals surface area contributed by atoms with Crippen LogP contribution in [-0.2, 0) is 15.3 Å². The number of aromatic nitrogens is 2. The molecule has 1 aliphatic carbocycles. The van der Waals surface area contributed by atoms with Crippen LogP contribution in [0.4, 0.5) is 19.1 Å². The third-order valence-electron chi connectivity index (χ3n) is 5.98. The van der Waals surface area contributed by atoms with Gasteiger partial charge in [-0.2, -0.15) is 13.2 Å². The first kappa shape index (κ1) is 21.6. The molecule has 1 aromatic carbocycles. The Labute approximate surface area is 180 Å².